The van der Waals surface area contributed by atoms with E-state index in [1.54, 1.807) is 12.4 Å². The molecule has 0 aliphatic heterocycles. The Morgan fingerprint density at radius 1 is 0.821 bits per heavy atom. The van der Waals surface area contributed by atoms with Crippen molar-refractivity contribution in [3.05, 3.63) is 48.5 Å². The van der Waals surface area contributed by atoms with Crippen LogP contribution in [0.4, 0.5) is 0 Å². The molecule has 11 nitrogen and oxygen atoms in total. The molecule has 14 heteroatoms. The highest BCUT2D eigenvalue weighted by molar-refractivity contribution is 7.87. The lowest BCUT2D eigenvalue weighted by Gasteiger charge is -2.08. The standard InChI is InChI=1S/C10H8O9S3.C4H6N2/c11-20(12,13)7-1-2-9-6(3-7)4-8(21(14,15)16)5-10(9)22(17,18)19;1-4-5-2-3-6-4/h1-5H,(H,11,12,13)(H,14,15,16)(H,17,18,19);2-3H,1H3,(H,5,6). The summed E-state index contributed by atoms with van der Waals surface area (Å²) in [5.74, 6) is 0.968. The minimum absolute atomic E-state index is 0.192. The second-order valence-corrected chi connectivity index (χ2v) is 9.64. The van der Waals surface area contributed by atoms with E-state index in [0.717, 1.165) is 30.1 Å². The number of rotatable bonds is 3. The summed E-state index contributed by atoms with van der Waals surface area (Å²) in [6, 6.07) is 3.97. The molecule has 0 atom stereocenters. The number of imidazole rings is 1. The Morgan fingerprint density at radius 3 is 1.79 bits per heavy atom. The summed E-state index contributed by atoms with van der Waals surface area (Å²) in [6.07, 6.45) is 3.53. The summed E-state index contributed by atoms with van der Waals surface area (Å²) < 4.78 is 94.1. The van der Waals surface area contributed by atoms with E-state index >= 15 is 0 Å². The topological polar surface area (TPSA) is 192 Å². The van der Waals surface area contributed by atoms with Gasteiger partial charge in [0, 0.05) is 17.8 Å². The molecule has 3 rings (SSSR count). The quantitative estimate of drug-likeness (QED) is 0.423. The fourth-order valence-corrected chi connectivity index (χ4v) is 4.03. The van der Waals surface area contributed by atoms with Crippen LogP contribution in [0.15, 0.2) is 57.4 Å². The first-order valence-corrected chi connectivity index (χ1v) is 11.5. The summed E-state index contributed by atoms with van der Waals surface area (Å²) in [4.78, 5) is 4.44. The van der Waals surface area contributed by atoms with E-state index in [9.17, 15) is 25.3 Å². The summed E-state index contributed by atoms with van der Waals surface area (Å²) in [5, 5.41) is -0.430. The second kappa shape index (κ2) is 7.57. The third-order valence-corrected chi connectivity index (χ3v) is 5.94. The number of nitrogens with zero attached hydrogens (tertiary/aromatic N) is 1. The zero-order chi connectivity index (χ0) is 21.3. The van der Waals surface area contributed by atoms with Gasteiger partial charge in [0.2, 0.25) is 0 Å². The fourth-order valence-electron chi connectivity index (χ4n) is 2.15. The van der Waals surface area contributed by atoms with E-state index in [2.05, 4.69) is 9.97 Å². The SMILES string of the molecule is Cc1ncc[nH]1.O=S(=O)(O)c1ccc2c(S(=O)(=O)O)cc(S(=O)(=O)O)cc2c1. The molecular formula is C14H14N2O9S3. The zero-order valence-corrected chi connectivity index (χ0v) is 16.5. The van der Waals surface area contributed by atoms with Gasteiger partial charge < -0.3 is 4.98 Å². The third kappa shape index (κ3) is 5.34. The van der Waals surface area contributed by atoms with Crippen LogP contribution in [0.3, 0.4) is 0 Å². The smallest absolute Gasteiger partial charge is 0.295 e. The molecule has 0 bridgehead atoms. The molecule has 1 heterocycles. The first-order chi connectivity index (χ1) is 12.7. The molecule has 2 aromatic carbocycles. The molecule has 1 aromatic heterocycles. The maximum Gasteiger partial charge on any atom is 0.295 e. The Labute approximate surface area is 160 Å². The summed E-state index contributed by atoms with van der Waals surface area (Å²) in [7, 11) is -14.3. The van der Waals surface area contributed by atoms with Crippen molar-refractivity contribution in [3.8, 4) is 0 Å². The average Bonchev–Trinajstić information content (AvgIpc) is 3.02. The Balaban J connectivity index is 0.000000397. The molecule has 0 saturated heterocycles. The van der Waals surface area contributed by atoms with Gasteiger partial charge in [0.05, 0.1) is 9.79 Å². The van der Waals surface area contributed by atoms with Crippen LogP contribution < -0.4 is 0 Å². The highest BCUT2D eigenvalue weighted by Gasteiger charge is 2.21. The first kappa shape index (κ1) is 21.9. The van der Waals surface area contributed by atoms with Gasteiger partial charge >= 0.3 is 0 Å². The van der Waals surface area contributed by atoms with E-state index in [0.29, 0.717) is 6.07 Å². The lowest BCUT2D eigenvalue weighted by molar-refractivity contribution is 0.480. The molecule has 0 radical (unpaired) electrons. The maximum atomic E-state index is 11.3. The van der Waals surface area contributed by atoms with Crippen LogP contribution in [0.5, 0.6) is 0 Å². The lowest BCUT2D eigenvalue weighted by atomic mass is 10.1. The Morgan fingerprint density at radius 2 is 1.39 bits per heavy atom. The number of aromatic nitrogens is 2. The van der Waals surface area contributed by atoms with Crippen molar-refractivity contribution >= 4 is 41.1 Å². The van der Waals surface area contributed by atoms with E-state index in [-0.39, 0.29) is 10.8 Å². The van der Waals surface area contributed by atoms with Crippen molar-refractivity contribution in [2.45, 2.75) is 21.6 Å². The number of hydrogen-bond acceptors (Lipinski definition) is 7. The maximum absolute atomic E-state index is 11.3. The van der Waals surface area contributed by atoms with Crippen LogP contribution in [0.1, 0.15) is 5.82 Å². The predicted octanol–water partition coefficient (Wildman–Crippen LogP) is 1.30. The van der Waals surface area contributed by atoms with Crippen LogP contribution in [0.25, 0.3) is 10.8 Å². The van der Waals surface area contributed by atoms with Crippen LogP contribution in [-0.2, 0) is 30.4 Å². The molecule has 3 aromatic rings. The van der Waals surface area contributed by atoms with Gasteiger partial charge in [-0.1, -0.05) is 6.07 Å². The molecule has 0 aliphatic rings. The second-order valence-electron chi connectivity index (χ2n) is 5.40. The molecule has 0 fully saturated rings. The molecule has 0 unspecified atom stereocenters. The monoisotopic (exact) mass is 450 g/mol. The predicted molar refractivity (Wildman–Crippen MR) is 96.7 cm³/mol. The molecule has 0 spiro atoms. The van der Waals surface area contributed by atoms with Crippen molar-refractivity contribution in [2.24, 2.45) is 0 Å². The Bertz CT molecular complexity index is 1320. The molecular weight excluding hydrogens is 436 g/mol. The number of nitrogens with one attached hydrogen (secondary N) is 1. The van der Waals surface area contributed by atoms with Gasteiger partial charge in [0.1, 0.15) is 10.7 Å². The highest BCUT2D eigenvalue weighted by Crippen LogP contribution is 2.29. The van der Waals surface area contributed by atoms with Crippen molar-refractivity contribution in [2.75, 3.05) is 0 Å². The average molecular weight is 450 g/mol. The van der Waals surface area contributed by atoms with E-state index < -0.39 is 45.0 Å². The van der Waals surface area contributed by atoms with Crippen molar-refractivity contribution in [3.63, 3.8) is 0 Å². The molecule has 0 aliphatic carbocycles. The summed E-state index contributed by atoms with van der Waals surface area (Å²) in [5.41, 5.74) is 0. The van der Waals surface area contributed by atoms with Crippen LogP contribution in [-0.4, -0.2) is 48.9 Å². The van der Waals surface area contributed by atoms with Gasteiger partial charge in [-0.2, -0.15) is 25.3 Å². The van der Waals surface area contributed by atoms with Crippen LogP contribution in [0, 0.1) is 6.92 Å². The van der Waals surface area contributed by atoms with Gasteiger partial charge in [-0.25, -0.2) is 4.98 Å². The third-order valence-electron chi connectivity index (χ3n) is 3.37. The van der Waals surface area contributed by atoms with Crippen LogP contribution >= 0.6 is 0 Å². The molecule has 0 saturated carbocycles. The normalized spacial score (nSPS) is 12.4. The van der Waals surface area contributed by atoms with Crippen molar-refractivity contribution in [1.29, 1.82) is 0 Å². The molecule has 0 amide bonds. The highest BCUT2D eigenvalue weighted by atomic mass is 32.2. The molecule has 152 valence electrons. The van der Waals surface area contributed by atoms with Gasteiger partial charge in [-0.15, -0.1) is 0 Å². The van der Waals surface area contributed by atoms with Crippen molar-refractivity contribution in [1.82, 2.24) is 9.97 Å². The number of aryl methyl sites for hydroxylation is 1. The fraction of sp³-hybridized carbons (Fsp3) is 0.0714. The Hall–Kier alpha value is -2.36. The van der Waals surface area contributed by atoms with Gasteiger partial charge in [-0.05, 0) is 36.6 Å². The zero-order valence-electron chi connectivity index (χ0n) is 14.0. The number of H-pyrrole nitrogens is 1. The summed E-state index contributed by atoms with van der Waals surface area (Å²) in [6.45, 7) is 1.92. The molecule has 28 heavy (non-hydrogen) atoms. The van der Waals surface area contributed by atoms with E-state index in [1.807, 2.05) is 6.92 Å². The van der Waals surface area contributed by atoms with E-state index in [4.69, 9.17) is 13.7 Å². The van der Waals surface area contributed by atoms with Crippen LogP contribution in [0.2, 0.25) is 0 Å². The molecule has 4 N–H and O–H groups in total. The van der Waals surface area contributed by atoms with Crippen molar-refractivity contribution < 1.29 is 38.9 Å². The summed E-state index contributed by atoms with van der Waals surface area (Å²) >= 11 is 0. The number of fused-ring (bicyclic) bond motifs is 1. The Kier molecular flexibility index (Phi) is 5.93. The minimum Gasteiger partial charge on any atom is -0.349 e. The first-order valence-electron chi connectivity index (χ1n) is 7.16. The largest absolute Gasteiger partial charge is 0.349 e. The lowest BCUT2D eigenvalue weighted by Crippen LogP contribution is -2.05. The van der Waals surface area contributed by atoms with Gasteiger partial charge in [0.15, 0.2) is 0 Å². The number of aromatic amines is 1. The van der Waals surface area contributed by atoms with E-state index in [1.165, 1.54) is 0 Å². The van der Waals surface area contributed by atoms with Gasteiger partial charge in [-0.3, -0.25) is 13.7 Å². The minimum atomic E-state index is -4.85. The number of benzene rings is 2. The number of hydrogen-bond donors (Lipinski definition) is 4. The van der Waals surface area contributed by atoms with Gasteiger partial charge in [0.25, 0.3) is 30.4 Å².